The van der Waals surface area contributed by atoms with Gasteiger partial charge in [-0.1, -0.05) is 11.6 Å². The Kier molecular flexibility index (Phi) is 5.16. The Balaban J connectivity index is 1.68. The van der Waals surface area contributed by atoms with Crippen molar-refractivity contribution in [1.82, 2.24) is 20.4 Å². The molecule has 28 heavy (non-hydrogen) atoms. The summed E-state index contributed by atoms with van der Waals surface area (Å²) in [6.45, 7) is 0.635. The molecule has 144 valence electrons. The number of furan rings is 1. The van der Waals surface area contributed by atoms with Gasteiger partial charge in [0.1, 0.15) is 17.4 Å². The maximum Gasteiger partial charge on any atom is 0.270 e. The second kappa shape index (κ2) is 7.90. The fourth-order valence-electron chi connectivity index (χ4n) is 3.18. The van der Waals surface area contributed by atoms with Crippen LogP contribution >= 0.6 is 11.6 Å². The average Bonchev–Trinajstić information content (AvgIpc) is 3.33. The highest BCUT2D eigenvalue weighted by atomic mass is 35.5. The molecule has 0 saturated carbocycles. The SMILES string of the molecule is O=C(N[C@H]1CCCCNC1=O)c1cc(-c2ccco2)nn1-c1ccc(Cl)cc1. The number of rotatable bonds is 4. The van der Waals surface area contributed by atoms with Crippen molar-refractivity contribution in [3.63, 3.8) is 0 Å². The highest BCUT2D eigenvalue weighted by Crippen LogP contribution is 2.23. The standard InChI is InChI=1S/C20H19ClN4O3/c21-13-6-8-14(9-7-13)25-17(12-16(24-25)18-5-3-11-28-18)20(27)23-15-4-1-2-10-22-19(15)26/h3,5-9,11-12,15H,1-2,4,10H2,(H,22,26)(H,23,27)/t15-/m0/s1. The third-order valence-corrected chi connectivity index (χ3v) is 4.88. The normalized spacial score (nSPS) is 17.0. The van der Waals surface area contributed by atoms with Crippen molar-refractivity contribution in [2.75, 3.05) is 6.54 Å². The summed E-state index contributed by atoms with van der Waals surface area (Å²) in [4.78, 5) is 25.2. The highest BCUT2D eigenvalue weighted by molar-refractivity contribution is 6.30. The molecule has 4 rings (SSSR count). The molecule has 1 aliphatic heterocycles. The lowest BCUT2D eigenvalue weighted by Gasteiger charge is -2.15. The summed E-state index contributed by atoms with van der Waals surface area (Å²) < 4.78 is 6.94. The molecule has 1 saturated heterocycles. The molecule has 2 aromatic heterocycles. The van der Waals surface area contributed by atoms with E-state index in [1.165, 1.54) is 4.68 Å². The maximum atomic E-state index is 13.0. The molecular weight excluding hydrogens is 380 g/mol. The maximum absolute atomic E-state index is 13.0. The summed E-state index contributed by atoms with van der Waals surface area (Å²) >= 11 is 5.98. The van der Waals surface area contributed by atoms with Crippen LogP contribution in [0.3, 0.4) is 0 Å². The number of halogens is 1. The molecule has 0 bridgehead atoms. The third kappa shape index (κ3) is 3.80. The van der Waals surface area contributed by atoms with Gasteiger partial charge in [0.15, 0.2) is 5.76 Å². The summed E-state index contributed by atoms with van der Waals surface area (Å²) in [7, 11) is 0. The number of benzene rings is 1. The second-order valence-electron chi connectivity index (χ2n) is 6.59. The van der Waals surface area contributed by atoms with Gasteiger partial charge < -0.3 is 15.1 Å². The average molecular weight is 399 g/mol. The van der Waals surface area contributed by atoms with Crippen LogP contribution in [0, 0.1) is 0 Å². The van der Waals surface area contributed by atoms with Crippen LogP contribution in [0.5, 0.6) is 0 Å². The van der Waals surface area contributed by atoms with Crippen LogP contribution in [0.25, 0.3) is 17.1 Å². The highest BCUT2D eigenvalue weighted by Gasteiger charge is 2.26. The first kappa shape index (κ1) is 18.3. The number of aromatic nitrogens is 2. The van der Waals surface area contributed by atoms with Crippen LogP contribution < -0.4 is 10.6 Å². The minimum atomic E-state index is -0.560. The lowest BCUT2D eigenvalue weighted by atomic mass is 10.1. The van der Waals surface area contributed by atoms with Gasteiger partial charge in [-0.25, -0.2) is 4.68 Å². The van der Waals surface area contributed by atoms with Crippen molar-refractivity contribution in [2.24, 2.45) is 0 Å². The number of nitrogens with one attached hydrogen (secondary N) is 2. The van der Waals surface area contributed by atoms with Gasteiger partial charge in [-0.3, -0.25) is 9.59 Å². The molecule has 3 heterocycles. The fourth-order valence-corrected chi connectivity index (χ4v) is 3.30. The summed E-state index contributed by atoms with van der Waals surface area (Å²) in [5.41, 5.74) is 1.51. The Hall–Kier alpha value is -3.06. The Morgan fingerprint density at radius 1 is 1.25 bits per heavy atom. The first-order valence-corrected chi connectivity index (χ1v) is 9.48. The van der Waals surface area contributed by atoms with E-state index in [4.69, 9.17) is 16.0 Å². The van der Waals surface area contributed by atoms with E-state index in [1.54, 1.807) is 48.7 Å². The molecule has 1 fully saturated rings. The van der Waals surface area contributed by atoms with E-state index in [0.717, 1.165) is 12.8 Å². The quantitative estimate of drug-likeness (QED) is 0.706. The van der Waals surface area contributed by atoms with Gasteiger partial charge in [0.2, 0.25) is 5.91 Å². The molecule has 3 aromatic rings. The molecular formula is C20H19ClN4O3. The predicted molar refractivity (Wildman–Crippen MR) is 104 cm³/mol. The molecule has 1 aromatic carbocycles. The first-order chi connectivity index (χ1) is 13.6. The van der Waals surface area contributed by atoms with Crippen LogP contribution in [0.15, 0.2) is 53.1 Å². The Morgan fingerprint density at radius 3 is 2.82 bits per heavy atom. The van der Waals surface area contributed by atoms with Crippen molar-refractivity contribution < 1.29 is 14.0 Å². The zero-order valence-electron chi connectivity index (χ0n) is 15.0. The summed E-state index contributed by atoms with van der Waals surface area (Å²) in [6, 6.07) is 11.6. The van der Waals surface area contributed by atoms with Crippen LogP contribution in [0.2, 0.25) is 5.02 Å². The van der Waals surface area contributed by atoms with E-state index >= 15 is 0 Å². The van der Waals surface area contributed by atoms with Crippen molar-refractivity contribution >= 4 is 23.4 Å². The Morgan fingerprint density at radius 2 is 2.07 bits per heavy atom. The van der Waals surface area contributed by atoms with Gasteiger partial charge in [-0.15, -0.1) is 0 Å². The van der Waals surface area contributed by atoms with E-state index in [2.05, 4.69) is 15.7 Å². The predicted octanol–water partition coefficient (Wildman–Crippen LogP) is 3.18. The number of nitrogens with zero attached hydrogens (tertiary/aromatic N) is 2. The van der Waals surface area contributed by atoms with Crippen molar-refractivity contribution in [2.45, 2.75) is 25.3 Å². The third-order valence-electron chi connectivity index (χ3n) is 4.63. The minimum absolute atomic E-state index is 0.158. The van der Waals surface area contributed by atoms with Crippen molar-refractivity contribution in [1.29, 1.82) is 0 Å². The van der Waals surface area contributed by atoms with Crippen LogP contribution in [-0.4, -0.2) is 34.2 Å². The van der Waals surface area contributed by atoms with Crippen LogP contribution in [-0.2, 0) is 4.79 Å². The minimum Gasteiger partial charge on any atom is -0.463 e. The van der Waals surface area contributed by atoms with Crippen molar-refractivity contribution in [3.8, 4) is 17.1 Å². The van der Waals surface area contributed by atoms with Gasteiger partial charge in [0.25, 0.3) is 5.91 Å². The molecule has 7 nitrogen and oxygen atoms in total. The van der Waals surface area contributed by atoms with Crippen LogP contribution in [0.4, 0.5) is 0 Å². The van der Waals surface area contributed by atoms with Crippen LogP contribution in [0.1, 0.15) is 29.8 Å². The summed E-state index contributed by atoms with van der Waals surface area (Å²) in [5.74, 6) is 0.0194. The largest absolute Gasteiger partial charge is 0.463 e. The number of hydrogen-bond acceptors (Lipinski definition) is 4. The zero-order valence-corrected chi connectivity index (χ0v) is 15.8. The fraction of sp³-hybridized carbons (Fsp3) is 0.250. The number of hydrogen-bond donors (Lipinski definition) is 2. The molecule has 0 unspecified atom stereocenters. The van der Waals surface area contributed by atoms with Gasteiger partial charge in [-0.05, 0) is 55.7 Å². The second-order valence-corrected chi connectivity index (χ2v) is 7.03. The molecule has 0 aliphatic carbocycles. The summed E-state index contributed by atoms with van der Waals surface area (Å²) in [5, 5.41) is 10.8. The number of carbonyl (C=O) groups excluding carboxylic acids is 2. The Bertz CT molecular complexity index is 980. The molecule has 1 atom stereocenters. The number of carbonyl (C=O) groups is 2. The monoisotopic (exact) mass is 398 g/mol. The van der Waals surface area contributed by atoms with Gasteiger partial charge in [0.05, 0.1) is 12.0 Å². The first-order valence-electron chi connectivity index (χ1n) is 9.10. The molecule has 0 spiro atoms. The Labute approximate surface area is 166 Å². The van der Waals surface area contributed by atoms with E-state index in [9.17, 15) is 9.59 Å². The van der Waals surface area contributed by atoms with E-state index in [0.29, 0.717) is 40.8 Å². The molecule has 2 amide bonds. The topological polar surface area (TPSA) is 89.2 Å². The van der Waals surface area contributed by atoms with E-state index in [-0.39, 0.29) is 11.8 Å². The molecule has 0 radical (unpaired) electrons. The summed E-state index contributed by atoms with van der Waals surface area (Å²) in [6.07, 6.45) is 3.94. The van der Waals surface area contributed by atoms with Gasteiger partial charge >= 0.3 is 0 Å². The van der Waals surface area contributed by atoms with E-state index < -0.39 is 6.04 Å². The number of amides is 2. The van der Waals surface area contributed by atoms with E-state index in [1.807, 2.05) is 0 Å². The molecule has 2 N–H and O–H groups in total. The molecule has 1 aliphatic rings. The van der Waals surface area contributed by atoms with Gasteiger partial charge in [-0.2, -0.15) is 5.10 Å². The lowest BCUT2D eigenvalue weighted by molar-refractivity contribution is -0.122. The van der Waals surface area contributed by atoms with Crippen molar-refractivity contribution in [3.05, 3.63) is 59.4 Å². The lowest BCUT2D eigenvalue weighted by Crippen LogP contribution is -2.45. The molecule has 8 heteroatoms. The van der Waals surface area contributed by atoms with Gasteiger partial charge in [0, 0.05) is 17.6 Å². The smallest absolute Gasteiger partial charge is 0.270 e. The zero-order chi connectivity index (χ0) is 19.5.